The van der Waals surface area contributed by atoms with Gasteiger partial charge in [-0.05, 0) is 47.3 Å². The number of thiophene rings is 1. The maximum absolute atomic E-state index is 12.6. The Morgan fingerprint density at radius 3 is 2.79 bits per heavy atom. The van der Waals surface area contributed by atoms with Crippen LogP contribution >= 0.6 is 38.9 Å². The molecular weight excluding hydrogens is 372 g/mol. The fourth-order valence-electron chi connectivity index (χ4n) is 2.54. The zero-order valence-corrected chi connectivity index (χ0v) is 14.4. The van der Waals surface area contributed by atoms with E-state index in [2.05, 4.69) is 15.9 Å². The molecule has 1 aliphatic carbocycles. The van der Waals surface area contributed by atoms with Crippen LogP contribution in [-0.4, -0.2) is 32.4 Å². The monoisotopic (exact) mass is 386 g/mol. The van der Waals surface area contributed by atoms with E-state index in [0.29, 0.717) is 15.4 Å². The van der Waals surface area contributed by atoms with E-state index >= 15 is 0 Å². The number of rotatable bonds is 4. The van der Waals surface area contributed by atoms with E-state index in [-0.39, 0.29) is 16.2 Å². The molecule has 1 fully saturated rings. The predicted molar refractivity (Wildman–Crippen MR) is 82.2 cm³/mol. The second kappa shape index (κ2) is 5.99. The summed E-state index contributed by atoms with van der Waals surface area (Å²) in [5.74, 6) is 0.249. The van der Waals surface area contributed by atoms with E-state index in [1.165, 1.54) is 10.4 Å². The van der Waals surface area contributed by atoms with Crippen molar-refractivity contribution in [1.82, 2.24) is 4.31 Å². The lowest BCUT2D eigenvalue weighted by atomic mass is 10.0. The Balaban J connectivity index is 2.29. The van der Waals surface area contributed by atoms with Crippen molar-refractivity contribution in [2.45, 2.75) is 29.5 Å². The highest BCUT2D eigenvalue weighted by atomic mass is 79.9. The van der Waals surface area contributed by atoms with Crippen molar-refractivity contribution in [1.29, 1.82) is 0 Å². The first-order valence-corrected chi connectivity index (χ1v) is 9.43. The molecule has 0 bridgehead atoms. The van der Waals surface area contributed by atoms with Gasteiger partial charge < -0.3 is 5.73 Å². The average molecular weight is 388 g/mol. The van der Waals surface area contributed by atoms with Crippen molar-refractivity contribution in [3.8, 4) is 0 Å². The zero-order chi connectivity index (χ0) is 14.2. The Morgan fingerprint density at radius 2 is 2.26 bits per heavy atom. The Kier molecular flexibility index (Phi) is 4.96. The number of nitrogens with two attached hydrogens (primary N) is 1. The van der Waals surface area contributed by atoms with Crippen molar-refractivity contribution in [3.05, 3.63) is 14.9 Å². The van der Waals surface area contributed by atoms with Gasteiger partial charge in [0, 0.05) is 13.1 Å². The van der Waals surface area contributed by atoms with Crippen LogP contribution in [0, 0.1) is 5.92 Å². The predicted octanol–water partition coefficient (Wildman–Crippen LogP) is 2.91. The second-order valence-corrected chi connectivity index (χ2v) is 9.70. The fraction of sp³-hybridized carbons (Fsp3) is 0.636. The minimum atomic E-state index is -3.49. The molecule has 0 spiro atoms. The van der Waals surface area contributed by atoms with Gasteiger partial charge in [-0.2, -0.15) is 4.31 Å². The van der Waals surface area contributed by atoms with Crippen molar-refractivity contribution in [2.24, 2.45) is 11.7 Å². The average Bonchev–Trinajstić information content (AvgIpc) is 2.96. The molecule has 4 nitrogen and oxygen atoms in total. The largest absolute Gasteiger partial charge is 0.330 e. The Hall–Kier alpha value is 0.340. The van der Waals surface area contributed by atoms with Gasteiger partial charge >= 0.3 is 0 Å². The molecule has 19 heavy (non-hydrogen) atoms. The van der Waals surface area contributed by atoms with Gasteiger partial charge in [0.2, 0.25) is 0 Å². The normalized spacial score (nSPS) is 24.3. The summed E-state index contributed by atoms with van der Waals surface area (Å²) in [6, 6.07) is 1.49. The summed E-state index contributed by atoms with van der Waals surface area (Å²) in [5, 5.41) is 0.429. The van der Waals surface area contributed by atoms with Crippen molar-refractivity contribution < 1.29 is 8.42 Å². The van der Waals surface area contributed by atoms with Gasteiger partial charge in [-0.3, -0.25) is 0 Å². The van der Waals surface area contributed by atoms with Crippen LogP contribution in [0.2, 0.25) is 5.02 Å². The summed E-state index contributed by atoms with van der Waals surface area (Å²) in [6.07, 6.45) is 2.90. The van der Waals surface area contributed by atoms with Gasteiger partial charge in [-0.25, -0.2) is 8.42 Å². The second-order valence-electron chi connectivity index (χ2n) is 4.70. The molecule has 1 heterocycles. The van der Waals surface area contributed by atoms with Crippen LogP contribution in [0.3, 0.4) is 0 Å². The van der Waals surface area contributed by atoms with E-state index in [0.717, 1.165) is 30.6 Å². The van der Waals surface area contributed by atoms with Gasteiger partial charge in [-0.15, -0.1) is 11.3 Å². The van der Waals surface area contributed by atoms with Crippen molar-refractivity contribution >= 4 is 48.9 Å². The quantitative estimate of drug-likeness (QED) is 0.864. The zero-order valence-electron chi connectivity index (χ0n) is 10.5. The van der Waals surface area contributed by atoms with Gasteiger partial charge in [-0.1, -0.05) is 18.0 Å². The van der Waals surface area contributed by atoms with Crippen molar-refractivity contribution in [2.75, 3.05) is 13.6 Å². The molecule has 0 radical (unpaired) electrons. The Labute approximate surface area is 131 Å². The van der Waals surface area contributed by atoms with E-state index in [1.54, 1.807) is 7.05 Å². The third-order valence-electron chi connectivity index (χ3n) is 3.64. The molecule has 0 amide bonds. The van der Waals surface area contributed by atoms with E-state index in [4.69, 9.17) is 17.3 Å². The first kappa shape index (κ1) is 15.7. The molecular formula is C11H16BrClN2O2S2. The highest BCUT2D eigenvalue weighted by Gasteiger charge is 2.36. The first-order valence-electron chi connectivity index (χ1n) is 6.01. The van der Waals surface area contributed by atoms with Gasteiger partial charge in [0.25, 0.3) is 10.0 Å². The highest BCUT2D eigenvalue weighted by Crippen LogP contribution is 2.38. The summed E-state index contributed by atoms with van der Waals surface area (Å²) in [6.45, 7) is 0.527. The molecule has 108 valence electrons. The van der Waals surface area contributed by atoms with Crippen LogP contribution in [0.5, 0.6) is 0 Å². The smallest absolute Gasteiger partial charge is 0.252 e. The minimum Gasteiger partial charge on any atom is -0.330 e. The summed E-state index contributed by atoms with van der Waals surface area (Å²) in [4.78, 5) is 0. The van der Waals surface area contributed by atoms with Crippen LogP contribution in [0.4, 0.5) is 0 Å². The number of hydrogen-bond acceptors (Lipinski definition) is 4. The third-order valence-corrected chi connectivity index (χ3v) is 8.45. The number of sulfonamides is 1. The molecule has 2 atom stereocenters. The number of nitrogens with zero attached hydrogens (tertiary/aromatic N) is 1. The van der Waals surface area contributed by atoms with Crippen LogP contribution in [0.15, 0.2) is 14.1 Å². The first-order chi connectivity index (χ1) is 8.87. The molecule has 0 aromatic carbocycles. The van der Waals surface area contributed by atoms with Gasteiger partial charge in [0.05, 0.1) is 8.81 Å². The molecule has 1 saturated carbocycles. The fourth-order valence-corrected chi connectivity index (χ4v) is 6.58. The van der Waals surface area contributed by atoms with E-state index < -0.39 is 10.0 Å². The van der Waals surface area contributed by atoms with Crippen LogP contribution < -0.4 is 5.73 Å². The molecule has 1 aliphatic rings. The molecule has 1 aromatic rings. The molecule has 2 N–H and O–H groups in total. The maximum atomic E-state index is 12.6. The molecule has 2 rings (SSSR count). The molecule has 8 heteroatoms. The minimum absolute atomic E-state index is 0.00495. The molecule has 1 aromatic heterocycles. The number of halogens is 2. The lowest BCUT2D eigenvalue weighted by Crippen LogP contribution is -2.41. The SMILES string of the molecule is CN(C1CCCC1CN)S(=O)(=O)c1cc(Cl)c(Br)s1. The maximum Gasteiger partial charge on any atom is 0.252 e. The highest BCUT2D eigenvalue weighted by molar-refractivity contribution is 9.11. The van der Waals surface area contributed by atoms with Crippen LogP contribution in [0.1, 0.15) is 19.3 Å². The summed E-state index contributed by atoms with van der Waals surface area (Å²) >= 11 is 10.3. The Bertz CT molecular complexity index is 542. The molecule has 0 saturated heterocycles. The summed E-state index contributed by atoms with van der Waals surface area (Å²) in [7, 11) is -1.85. The lowest BCUT2D eigenvalue weighted by Gasteiger charge is -2.27. The molecule has 2 unspecified atom stereocenters. The molecule has 0 aliphatic heterocycles. The summed E-state index contributed by atoms with van der Waals surface area (Å²) < 4.78 is 27.5. The standard InChI is InChI=1S/C11H16BrClN2O2S2/c1-15(9-4-2-3-7(9)6-14)19(16,17)10-5-8(13)11(12)18-10/h5,7,9H,2-4,6,14H2,1H3. The summed E-state index contributed by atoms with van der Waals surface area (Å²) in [5.41, 5.74) is 5.72. The van der Waals surface area contributed by atoms with Crippen LogP contribution in [0.25, 0.3) is 0 Å². The third kappa shape index (κ3) is 3.01. The van der Waals surface area contributed by atoms with Crippen molar-refractivity contribution in [3.63, 3.8) is 0 Å². The van der Waals surface area contributed by atoms with Crippen LogP contribution in [-0.2, 0) is 10.0 Å². The van der Waals surface area contributed by atoms with E-state index in [9.17, 15) is 8.42 Å². The lowest BCUT2D eigenvalue weighted by molar-refractivity contribution is 0.305. The van der Waals surface area contributed by atoms with Gasteiger partial charge in [0.1, 0.15) is 4.21 Å². The van der Waals surface area contributed by atoms with Gasteiger partial charge in [0.15, 0.2) is 0 Å². The topological polar surface area (TPSA) is 63.4 Å². The Morgan fingerprint density at radius 1 is 1.58 bits per heavy atom. The van der Waals surface area contributed by atoms with E-state index in [1.807, 2.05) is 0 Å². The number of hydrogen-bond donors (Lipinski definition) is 1.